The molecule has 2 aromatic rings. The van der Waals surface area contributed by atoms with Crippen molar-refractivity contribution in [2.24, 2.45) is 5.10 Å². The normalized spacial score (nSPS) is 11.0. The van der Waals surface area contributed by atoms with Crippen molar-refractivity contribution in [2.75, 3.05) is 0 Å². The Morgan fingerprint density at radius 3 is 2.57 bits per heavy atom. The maximum atomic E-state index is 10.8. The summed E-state index contributed by atoms with van der Waals surface area (Å²) in [5.74, 6) is -0.186. The molecule has 0 aliphatic rings. The standard InChI is InChI=1S/C16H20N4O/c1-11-5-7-15(8-6-11)10-20-13(3)16(12(2)19-20)9-17-18-14(4)21/h5-9H,10H2,1-4H3,(H,18,21)/b17-9+. The molecule has 0 atom stereocenters. The van der Waals surface area contributed by atoms with Crippen molar-refractivity contribution in [3.05, 3.63) is 52.3 Å². The van der Waals surface area contributed by atoms with Crippen LogP contribution in [0.1, 0.15) is 35.0 Å². The number of hydrogen-bond donors (Lipinski definition) is 1. The molecule has 0 saturated carbocycles. The van der Waals surface area contributed by atoms with Gasteiger partial charge in [-0.05, 0) is 26.3 Å². The second-order valence-corrected chi connectivity index (χ2v) is 5.15. The van der Waals surface area contributed by atoms with E-state index >= 15 is 0 Å². The van der Waals surface area contributed by atoms with Crippen LogP contribution in [0.15, 0.2) is 29.4 Å². The van der Waals surface area contributed by atoms with Crippen LogP contribution in [-0.2, 0) is 11.3 Å². The van der Waals surface area contributed by atoms with Gasteiger partial charge in [0.2, 0.25) is 5.91 Å². The second kappa shape index (κ2) is 6.35. The van der Waals surface area contributed by atoms with Gasteiger partial charge in [0.15, 0.2) is 0 Å². The molecular formula is C16H20N4O. The minimum atomic E-state index is -0.186. The molecule has 1 heterocycles. The lowest BCUT2D eigenvalue weighted by Gasteiger charge is -2.05. The number of hydrogen-bond acceptors (Lipinski definition) is 3. The molecule has 1 aromatic heterocycles. The van der Waals surface area contributed by atoms with Gasteiger partial charge in [-0.1, -0.05) is 29.8 Å². The molecular weight excluding hydrogens is 264 g/mol. The summed E-state index contributed by atoms with van der Waals surface area (Å²) in [4.78, 5) is 10.8. The average molecular weight is 284 g/mol. The summed E-state index contributed by atoms with van der Waals surface area (Å²) in [7, 11) is 0. The Kier molecular flexibility index (Phi) is 4.52. The molecule has 1 amide bonds. The maximum Gasteiger partial charge on any atom is 0.236 e. The van der Waals surface area contributed by atoms with Gasteiger partial charge in [0.1, 0.15) is 0 Å². The van der Waals surface area contributed by atoms with E-state index in [2.05, 4.69) is 46.8 Å². The molecule has 0 radical (unpaired) electrons. The molecule has 110 valence electrons. The molecule has 0 fully saturated rings. The molecule has 0 aliphatic heterocycles. The van der Waals surface area contributed by atoms with Crippen LogP contribution in [0.2, 0.25) is 0 Å². The number of benzene rings is 1. The third-order valence-corrected chi connectivity index (χ3v) is 3.31. The van der Waals surface area contributed by atoms with Crippen LogP contribution in [0.4, 0.5) is 0 Å². The van der Waals surface area contributed by atoms with Gasteiger partial charge in [-0.25, -0.2) is 5.43 Å². The molecule has 0 spiro atoms. The highest BCUT2D eigenvalue weighted by atomic mass is 16.2. The van der Waals surface area contributed by atoms with Gasteiger partial charge in [0, 0.05) is 18.2 Å². The summed E-state index contributed by atoms with van der Waals surface area (Å²) in [5, 5.41) is 8.46. The highest BCUT2D eigenvalue weighted by Crippen LogP contribution is 2.13. The number of aromatic nitrogens is 2. The monoisotopic (exact) mass is 284 g/mol. The Morgan fingerprint density at radius 2 is 1.95 bits per heavy atom. The second-order valence-electron chi connectivity index (χ2n) is 5.15. The van der Waals surface area contributed by atoms with E-state index in [-0.39, 0.29) is 5.91 Å². The fraction of sp³-hybridized carbons (Fsp3) is 0.312. The minimum Gasteiger partial charge on any atom is -0.274 e. The van der Waals surface area contributed by atoms with E-state index in [1.165, 1.54) is 18.1 Å². The number of nitrogens with one attached hydrogen (secondary N) is 1. The van der Waals surface area contributed by atoms with E-state index in [4.69, 9.17) is 0 Å². The van der Waals surface area contributed by atoms with Crippen molar-refractivity contribution in [3.8, 4) is 0 Å². The van der Waals surface area contributed by atoms with Crippen LogP contribution in [0.5, 0.6) is 0 Å². The molecule has 0 unspecified atom stereocenters. The van der Waals surface area contributed by atoms with Gasteiger partial charge in [-0.3, -0.25) is 9.48 Å². The van der Waals surface area contributed by atoms with E-state index in [1.54, 1.807) is 6.21 Å². The molecule has 0 saturated heterocycles. The Morgan fingerprint density at radius 1 is 1.29 bits per heavy atom. The van der Waals surface area contributed by atoms with Crippen LogP contribution < -0.4 is 5.43 Å². The van der Waals surface area contributed by atoms with Crippen LogP contribution in [0.3, 0.4) is 0 Å². The van der Waals surface area contributed by atoms with E-state index in [1.807, 2.05) is 18.5 Å². The fourth-order valence-corrected chi connectivity index (χ4v) is 2.11. The molecule has 5 heteroatoms. The molecule has 0 bridgehead atoms. The van der Waals surface area contributed by atoms with E-state index in [9.17, 15) is 4.79 Å². The lowest BCUT2D eigenvalue weighted by atomic mass is 10.1. The Hall–Kier alpha value is -2.43. The third-order valence-electron chi connectivity index (χ3n) is 3.31. The van der Waals surface area contributed by atoms with Crippen molar-refractivity contribution < 1.29 is 4.79 Å². The fourth-order valence-electron chi connectivity index (χ4n) is 2.11. The zero-order chi connectivity index (χ0) is 15.4. The van der Waals surface area contributed by atoms with Gasteiger partial charge in [0.25, 0.3) is 0 Å². The topological polar surface area (TPSA) is 59.3 Å². The van der Waals surface area contributed by atoms with Gasteiger partial charge in [-0.2, -0.15) is 10.2 Å². The quantitative estimate of drug-likeness (QED) is 0.692. The molecule has 1 aromatic carbocycles. The van der Waals surface area contributed by atoms with Gasteiger partial charge >= 0.3 is 0 Å². The van der Waals surface area contributed by atoms with Crippen molar-refractivity contribution in [1.82, 2.24) is 15.2 Å². The van der Waals surface area contributed by atoms with E-state index in [0.29, 0.717) is 0 Å². The number of carbonyl (C=O) groups is 1. The smallest absolute Gasteiger partial charge is 0.236 e. The lowest BCUT2D eigenvalue weighted by molar-refractivity contribution is -0.118. The lowest BCUT2D eigenvalue weighted by Crippen LogP contribution is -2.12. The first-order valence-corrected chi connectivity index (χ1v) is 6.86. The number of carbonyl (C=O) groups excluding carboxylic acids is 1. The molecule has 5 nitrogen and oxygen atoms in total. The van der Waals surface area contributed by atoms with Crippen LogP contribution >= 0.6 is 0 Å². The minimum absolute atomic E-state index is 0.186. The first-order valence-electron chi connectivity index (χ1n) is 6.86. The predicted octanol–water partition coefficient (Wildman–Crippen LogP) is 2.33. The van der Waals surface area contributed by atoms with E-state index in [0.717, 1.165) is 23.5 Å². The zero-order valence-electron chi connectivity index (χ0n) is 12.8. The SMILES string of the molecule is CC(=O)N/N=C/c1c(C)nn(Cc2ccc(C)cc2)c1C. The summed E-state index contributed by atoms with van der Waals surface area (Å²) < 4.78 is 1.95. The van der Waals surface area contributed by atoms with Crippen molar-refractivity contribution in [2.45, 2.75) is 34.2 Å². The summed E-state index contributed by atoms with van der Waals surface area (Å²) in [5.41, 5.74) is 7.73. The Bertz CT molecular complexity index is 668. The van der Waals surface area contributed by atoms with E-state index < -0.39 is 0 Å². The van der Waals surface area contributed by atoms with Crippen LogP contribution in [0.25, 0.3) is 0 Å². The summed E-state index contributed by atoms with van der Waals surface area (Å²) in [6.07, 6.45) is 1.64. The first kappa shape index (κ1) is 15.0. The van der Waals surface area contributed by atoms with Crippen molar-refractivity contribution in [1.29, 1.82) is 0 Å². The molecule has 21 heavy (non-hydrogen) atoms. The summed E-state index contributed by atoms with van der Waals surface area (Å²) in [6.45, 7) is 8.17. The van der Waals surface area contributed by atoms with Gasteiger partial charge in [0.05, 0.1) is 18.5 Å². The average Bonchev–Trinajstić information content (AvgIpc) is 2.68. The van der Waals surface area contributed by atoms with Crippen LogP contribution in [-0.4, -0.2) is 21.9 Å². The zero-order valence-corrected chi connectivity index (χ0v) is 12.8. The number of nitrogens with zero attached hydrogens (tertiary/aromatic N) is 3. The highest BCUT2D eigenvalue weighted by Gasteiger charge is 2.10. The van der Waals surface area contributed by atoms with Crippen LogP contribution in [0, 0.1) is 20.8 Å². The number of aryl methyl sites for hydroxylation is 2. The number of amides is 1. The summed E-state index contributed by atoms with van der Waals surface area (Å²) in [6, 6.07) is 8.41. The van der Waals surface area contributed by atoms with Gasteiger partial charge in [-0.15, -0.1) is 0 Å². The number of hydrazone groups is 1. The third kappa shape index (κ3) is 3.78. The first-order chi connectivity index (χ1) is 9.97. The predicted molar refractivity (Wildman–Crippen MR) is 83.4 cm³/mol. The molecule has 0 aliphatic carbocycles. The van der Waals surface area contributed by atoms with Crippen molar-refractivity contribution >= 4 is 12.1 Å². The molecule has 1 N–H and O–H groups in total. The Labute approximate surface area is 124 Å². The number of rotatable bonds is 4. The highest BCUT2D eigenvalue weighted by molar-refractivity contribution is 5.84. The molecule has 2 rings (SSSR count). The maximum absolute atomic E-state index is 10.8. The van der Waals surface area contributed by atoms with Gasteiger partial charge < -0.3 is 0 Å². The largest absolute Gasteiger partial charge is 0.274 e. The Balaban J connectivity index is 2.20. The summed E-state index contributed by atoms with van der Waals surface area (Å²) >= 11 is 0. The van der Waals surface area contributed by atoms with Crippen molar-refractivity contribution in [3.63, 3.8) is 0 Å².